The molecule has 27 heavy (non-hydrogen) atoms. The molecule has 2 aliphatic rings. The topological polar surface area (TPSA) is 71.3 Å². The van der Waals surface area contributed by atoms with E-state index in [2.05, 4.69) is 15.3 Å². The number of piperidine rings is 1. The number of carbonyl (C=O) groups is 1. The molecule has 0 radical (unpaired) electrons. The van der Waals surface area contributed by atoms with E-state index >= 15 is 0 Å². The zero-order chi connectivity index (χ0) is 18.2. The second kappa shape index (κ2) is 6.96. The fraction of sp³-hybridized carbons (Fsp3) is 0.450. The Morgan fingerprint density at radius 2 is 2.07 bits per heavy atom. The smallest absolute Gasteiger partial charge is 0.257 e. The van der Waals surface area contributed by atoms with Gasteiger partial charge in [0.25, 0.3) is 5.91 Å². The van der Waals surface area contributed by atoms with Crippen molar-refractivity contribution in [1.29, 1.82) is 0 Å². The number of nitrogens with one attached hydrogen (secondary N) is 1. The number of aromatic nitrogens is 2. The summed E-state index contributed by atoms with van der Waals surface area (Å²) in [6.07, 6.45) is 11.4. The van der Waals surface area contributed by atoms with Crippen molar-refractivity contribution >= 4 is 33.3 Å². The summed E-state index contributed by atoms with van der Waals surface area (Å²) in [7, 11) is 0. The molecule has 1 N–H and O–H groups in total. The fourth-order valence-electron chi connectivity index (χ4n) is 4.19. The normalized spacial score (nSPS) is 17.9. The van der Waals surface area contributed by atoms with E-state index in [0.29, 0.717) is 11.6 Å². The van der Waals surface area contributed by atoms with Gasteiger partial charge >= 0.3 is 0 Å². The lowest BCUT2D eigenvalue weighted by atomic mass is 9.96. The van der Waals surface area contributed by atoms with Crippen LogP contribution in [0, 0.1) is 0 Å². The molecule has 1 fully saturated rings. The van der Waals surface area contributed by atoms with Crippen molar-refractivity contribution in [1.82, 2.24) is 14.9 Å². The number of carbonyl (C=O) groups excluding carboxylic acids is 1. The quantitative estimate of drug-likeness (QED) is 0.744. The Labute approximate surface area is 161 Å². The van der Waals surface area contributed by atoms with Crippen LogP contribution in [0.5, 0.6) is 0 Å². The van der Waals surface area contributed by atoms with Gasteiger partial charge in [-0.2, -0.15) is 0 Å². The van der Waals surface area contributed by atoms with Crippen molar-refractivity contribution in [3.05, 3.63) is 40.9 Å². The summed E-state index contributed by atoms with van der Waals surface area (Å²) in [5.41, 5.74) is 2.08. The van der Waals surface area contributed by atoms with Crippen LogP contribution in [-0.2, 0) is 12.8 Å². The summed E-state index contributed by atoms with van der Waals surface area (Å²) in [4.78, 5) is 26.0. The molecule has 140 valence electrons. The van der Waals surface area contributed by atoms with Gasteiger partial charge in [0.2, 0.25) is 0 Å². The highest BCUT2D eigenvalue weighted by Crippen LogP contribution is 2.38. The lowest BCUT2D eigenvalue weighted by Crippen LogP contribution is -2.42. The second-order valence-electron chi connectivity index (χ2n) is 7.34. The maximum atomic E-state index is 12.5. The van der Waals surface area contributed by atoms with Gasteiger partial charge < -0.3 is 14.6 Å². The van der Waals surface area contributed by atoms with Crippen LogP contribution in [0.2, 0.25) is 0 Å². The Kier molecular flexibility index (Phi) is 4.32. The minimum Gasteiger partial charge on any atom is -0.472 e. The van der Waals surface area contributed by atoms with Gasteiger partial charge in [0, 0.05) is 24.0 Å². The number of nitrogens with zero attached hydrogens (tertiary/aromatic N) is 3. The molecule has 0 saturated carbocycles. The molecule has 0 bridgehead atoms. The van der Waals surface area contributed by atoms with E-state index in [9.17, 15) is 4.79 Å². The molecule has 1 aliphatic carbocycles. The minimum absolute atomic E-state index is 0.0542. The molecule has 0 atom stereocenters. The number of rotatable bonds is 3. The zero-order valence-corrected chi connectivity index (χ0v) is 15.9. The van der Waals surface area contributed by atoms with Crippen molar-refractivity contribution in [3.63, 3.8) is 0 Å². The van der Waals surface area contributed by atoms with E-state index in [4.69, 9.17) is 4.42 Å². The van der Waals surface area contributed by atoms with E-state index in [-0.39, 0.29) is 5.91 Å². The van der Waals surface area contributed by atoms with Crippen LogP contribution in [0.3, 0.4) is 0 Å². The molecule has 3 aromatic rings. The summed E-state index contributed by atoms with van der Waals surface area (Å²) in [5, 5.41) is 4.88. The van der Waals surface area contributed by atoms with E-state index in [1.54, 1.807) is 18.7 Å². The third-order valence-corrected chi connectivity index (χ3v) is 6.84. The number of furan rings is 1. The predicted molar refractivity (Wildman–Crippen MR) is 105 cm³/mol. The molecule has 7 heteroatoms. The maximum absolute atomic E-state index is 12.5. The third kappa shape index (κ3) is 3.10. The first-order chi connectivity index (χ1) is 13.3. The summed E-state index contributed by atoms with van der Waals surface area (Å²) in [5.74, 6) is 1.03. The average Bonchev–Trinajstić information content (AvgIpc) is 3.36. The molecular weight excluding hydrogens is 360 g/mol. The van der Waals surface area contributed by atoms with Crippen LogP contribution in [-0.4, -0.2) is 39.9 Å². The van der Waals surface area contributed by atoms with Gasteiger partial charge in [-0.3, -0.25) is 4.79 Å². The molecule has 4 heterocycles. The van der Waals surface area contributed by atoms with Crippen LogP contribution in [0.15, 0.2) is 29.3 Å². The average molecular weight is 382 g/mol. The molecule has 1 saturated heterocycles. The first kappa shape index (κ1) is 16.7. The zero-order valence-electron chi connectivity index (χ0n) is 15.1. The Morgan fingerprint density at radius 1 is 1.22 bits per heavy atom. The molecule has 0 aromatic carbocycles. The van der Waals surface area contributed by atoms with Crippen LogP contribution >= 0.6 is 11.3 Å². The monoisotopic (exact) mass is 382 g/mol. The highest BCUT2D eigenvalue weighted by molar-refractivity contribution is 7.19. The first-order valence-corrected chi connectivity index (χ1v) is 10.4. The molecule has 1 amide bonds. The number of likely N-dealkylation sites (tertiary alicyclic amines) is 1. The Morgan fingerprint density at radius 3 is 2.89 bits per heavy atom. The number of anilines is 1. The van der Waals surface area contributed by atoms with Crippen LogP contribution in [0.25, 0.3) is 10.2 Å². The summed E-state index contributed by atoms with van der Waals surface area (Å²) < 4.78 is 5.03. The molecule has 0 spiro atoms. The highest BCUT2D eigenvalue weighted by Gasteiger charge is 2.26. The van der Waals surface area contributed by atoms with Gasteiger partial charge in [-0.05, 0) is 50.2 Å². The largest absolute Gasteiger partial charge is 0.472 e. The summed E-state index contributed by atoms with van der Waals surface area (Å²) in [6, 6.07) is 2.06. The van der Waals surface area contributed by atoms with Gasteiger partial charge in [-0.15, -0.1) is 11.3 Å². The number of aryl methyl sites for hydroxylation is 2. The molecular formula is C20H22N4O2S. The van der Waals surface area contributed by atoms with Crippen LogP contribution in [0.4, 0.5) is 5.82 Å². The van der Waals surface area contributed by atoms with Gasteiger partial charge in [0.1, 0.15) is 23.2 Å². The second-order valence-corrected chi connectivity index (χ2v) is 8.42. The standard InChI is InChI=1S/C20H22N4O2S/c25-20(13-7-10-26-11-13)24-8-5-14(6-9-24)23-18-17-15-3-1-2-4-16(15)27-19(17)22-12-21-18/h7,10-12,14H,1-6,8-9H2,(H,21,22,23). The lowest BCUT2D eigenvalue weighted by Gasteiger charge is -2.32. The SMILES string of the molecule is O=C(c1ccoc1)N1CCC(Nc2ncnc3sc4c(c23)CCCC4)CC1. The molecule has 6 nitrogen and oxygen atoms in total. The molecule has 3 aromatic heterocycles. The van der Waals surface area contributed by atoms with Crippen LogP contribution in [0.1, 0.15) is 46.5 Å². The minimum atomic E-state index is 0.0542. The number of hydrogen-bond acceptors (Lipinski definition) is 6. The van der Waals surface area contributed by atoms with Crippen molar-refractivity contribution < 1.29 is 9.21 Å². The van der Waals surface area contributed by atoms with E-state index < -0.39 is 0 Å². The van der Waals surface area contributed by atoms with Gasteiger partial charge in [0.05, 0.1) is 17.2 Å². The fourth-order valence-corrected chi connectivity index (χ4v) is 5.42. The predicted octanol–water partition coefficient (Wildman–Crippen LogP) is 3.88. The molecule has 0 unspecified atom stereocenters. The lowest BCUT2D eigenvalue weighted by molar-refractivity contribution is 0.0717. The summed E-state index contributed by atoms with van der Waals surface area (Å²) in [6.45, 7) is 1.50. The van der Waals surface area contributed by atoms with Crippen LogP contribution < -0.4 is 5.32 Å². The first-order valence-electron chi connectivity index (χ1n) is 9.63. The Bertz CT molecular complexity index is 958. The van der Waals surface area contributed by atoms with Gasteiger partial charge in [0.15, 0.2) is 0 Å². The summed E-state index contributed by atoms with van der Waals surface area (Å²) >= 11 is 1.83. The Hall–Kier alpha value is -2.41. The molecule has 5 rings (SSSR count). The van der Waals surface area contributed by atoms with E-state index in [1.165, 1.54) is 41.4 Å². The van der Waals surface area contributed by atoms with Crippen molar-refractivity contribution in [3.8, 4) is 0 Å². The van der Waals surface area contributed by atoms with Crippen molar-refractivity contribution in [2.75, 3.05) is 18.4 Å². The van der Waals surface area contributed by atoms with Crippen molar-refractivity contribution in [2.24, 2.45) is 0 Å². The van der Waals surface area contributed by atoms with E-state index in [1.807, 2.05) is 16.2 Å². The highest BCUT2D eigenvalue weighted by atomic mass is 32.1. The van der Waals surface area contributed by atoms with E-state index in [0.717, 1.165) is 43.0 Å². The Balaban J connectivity index is 1.31. The van der Waals surface area contributed by atoms with Gasteiger partial charge in [-0.1, -0.05) is 0 Å². The number of amides is 1. The number of fused-ring (bicyclic) bond motifs is 3. The number of hydrogen-bond donors (Lipinski definition) is 1. The van der Waals surface area contributed by atoms with Gasteiger partial charge in [-0.25, -0.2) is 9.97 Å². The third-order valence-electron chi connectivity index (χ3n) is 5.64. The maximum Gasteiger partial charge on any atom is 0.257 e. The van der Waals surface area contributed by atoms with Crippen molar-refractivity contribution in [2.45, 2.75) is 44.6 Å². The molecule has 1 aliphatic heterocycles. The number of thiophene rings is 1.